The van der Waals surface area contributed by atoms with Gasteiger partial charge in [0.05, 0.1) is 12.5 Å². The van der Waals surface area contributed by atoms with E-state index in [0.29, 0.717) is 11.5 Å². The topological polar surface area (TPSA) is 97.7 Å². The van der Waals surface area contributed by atoms with E-state index in [-0.39, 0.29) is 19.6 Å². The van der Waals surface area contributed by atoms with E-state index in [1.54, 1.807) is 24.3 Å². The Hall–Kier alpha value is -2.75. The lowest BCUT2D eigenvalue weighted by Gasteiger charge is -2.24. The molecule has 0 spiro atoms. The van der Waals surface area contributed by atoms with Crippen LogP contribution in [0.15, 0.2) is 24.3 Å². The maximum absolute atomic E-state index is 11.8. The molecule has 0 bridgehead atoms. The standard InChI is InChI=1S/C14H14N2O5/c15-6-3-7-16-13(17)9-20-14(18)12-8-19-10-4-1-2-5-11(10)21-12/h1-2,4-5,12H,3,7-9H2,(H,16,17)/t12-/m1/s1. The van der Waals surface area contributed by atoms with Crippen LogP contribution in [0, 0.1) is 11.3 Å². The lowest BCUT2D eigenvalue weighted by atomic mass is 10.2. The Balaban J connectivity index is 1.77. The van der Waals surface area contributed by atoms with Gasteiger partial charge < -0.3 is 19.5 Å². The van der Waals surface area contributed by atoms with Gasteiger partial charge >= 0.3 is 5.97 Å². The number of ether oxygens (including phenoxy) is 3. The number of nitriles is 1. The van der Waals surface area contributed by atoms with E-state index in [0.717, 1.165) is 0 Å². The third kappa shape index (κ3) is 4.11. The average Bonchev–Trinajstić information content (AvgIpc) is 2.52. The molecular weight excluding hydrogens is 276 g/mol. The fourth-order valence-corrected chi connectivity index (χ4v) is 1.67. The highest BCUT2D eigenvalue weighted by Gasteiger charge is 2.28. The quantitative estimate of drug-likeness (QED) is 0.622. The number of para-hydroxylation sites is 2. The summed E-state index contributed by atoms with van der Waals surface area (Å²) >= 11 is 0. The Kier molecular flexibility index (Phi) is 4.99. The fourth-order valence-electron chi connectivity index (χ4n) is 1.67. The number of hydrogen-bond donors (Lipinski definition) is 1. The molecule has 21 heavy (non-hydrogen) atoms. The minimum absolute atomic E-state index is 0.0336. The zero-order valence-electron chi connectivity index (χ0n) is 11.2. The van der Waals surface area contributed by atoms with Crippen LogP contribution in [0.5, 0.6) is 11.5 Å². The van der Waals surface area contributed by atoms with Crippen molar-refractivity contribution in [2.75, 3.05) is 19.8 Å². The van der Waals surface area contributed by atoms with Crippen molar-refractivity contribution in [2.24, 2.45) is 0 Å². The molecular formula is C14H14N2O5. The summed E-state index contributed by atoms with van der Waals surface area (Å²) in [5, 5.41) is 10.8. The fraction of sp³-hybridized carbons (Fsp3) is 0.357. The van der Waals surface area contributed by atoms with Gasteiger partial charge in [0.1, 0.15) is 6.61 Å². The van der Waals surface area contributed by atoms with Gasteiger partial charge in [0, 0.05) is 6.54 Å². The third-order valence-corrected chi connectivity index (χ3v) is 2.68. The van der Waals surface area contributed by atoms with Gasteiger partial charge in [-0.15, -0.1) is 0 Å². The maximum Gasteiger partial charge on any atom is 0.351 e. The zero-order valence-corrected chi connectivity index (χ0v) is 11.2. The van der Waals surface area contributed by atoms with E-state index >= 15 is 0 Å². The van der Waals surface area contributed by atoms with Crippen LogP contribution in [0.2, 0.25) is 0 Å². The predicted octanol–water partition coefficient (Wildman–Crippen LogP) is 0.399. The van der Waals surface area contributed by atoms with Crippen LogP contribution in [-0.4, -0.2) is 37.7 Å². The van der Waals surface area contributed by atoms with Crippen molar-refractivity contribution in [1.29, 1.82) is 5.26 Å². The van der Waals surface area contributed by atoms with Gasteiger partial charge in [-0.3, -0.25) is 4.79 Å². The number of carbonyl (C=O) groups excluding carboxylic acids is 2. The van der Waals surface area contributed by atoms with Crippen LogP contribution in [0.25, 0.3) is 0 Å². The molecule has 0 aromatic heterocycles. The number of rotatable bonds is 5. The molecule has 1 aliphatic heterocycles. The highest BCUT2D eigenvalue weighted by Crippen LogP contribution is 2.30. The molecule has 1 aromatic rings. The van der Waals surface area contributed by atoms with Crippen molar-refractivity contribution in [3.63, 3.8) is 0 Å². The van der Waals surface area contributed by atoms with Crippen LogP contribution < -0.4 is 14.8 Å². The van der Waals surface area contributed by atoms with E-state index < -0.39 is 24.6 Å². The molecule has 0 fully saturated rings. The van der Waals surface area contributed by atoms with Crippen molar-refractivity contribution in [3.05, 3.63) is 24.3 Å². The number of nitrogens with zero attached hydrogens (tertiary/aromatic N) is 1. The predicted molar refractivity (Wildman–Crippen MR) is 70.6 cm³/mol. The van der Waals surface area contributed by atoms with E-state index in [1.165, 1.54) is 0 Å². The molecule has 1 amide bonds. The molecule has 7 nitrogen and oxygen atoms in total. The molecule has 2 rings (SSSR count). The molecule has 0 saturated heterocycles. The summed E-state index contributed by atoms with van der Waals surface area (Å²) in [5.41, 5.74) is 0. The summed E-state index contributed by atoms with van der Waals surface area (Å²) in [6, 6.07) is 8.87. The molecule has 7 heteroatoms. The Morgan fingerprint density at radius 3 is 2.90 bits per heavy atom. The second-order valence-electron chi connectivity index (χ2n) is 4.23. The number of carbonyl (C=O) groups is 2. The number of nitrogens with one attached hydrogen (secondary N) is 1. The smallest absolute Gasteiger partial charge is 0.351 e. The summed E-state index contributed by atoms with van der Waals surface area (Å²) in [4.78, 5) is 23.1. The summed E-state index contributed by atoms with van der Waals surface area (Å²) < 4.78 is 15.7. The van der Waals surface area contributed by atoms with Gasteiger partial charge in [-0.2, -0.15) is 5.26 Å². The number of fused-ring (bicyclic) bond motifs is 1. The van der Waals surface area contributed by atoms with E-state index in [1.807, 2.05) is 6.07 Å². The normalized spacial score (nSPS) is 15.7. The SMILES string of the molecule is N#CCCNC(=O)COC(=O)[C@H]1COc2ccccc2O1. The van der Waals surface area contributed by atoms with Gasteiger partial charge in [-0.1, -0.05) is 12.1 Å². The van der Waals surface area contributed by atoms with E-state index in [4.69, 9.17) is 19.5 Å². The lowest BCUT2D eigenvalue weighted by Crippen LogP contribution is -2.39. The van der Waals surface area contributed by atoms with Crippen LogP contribution in [0.4, 0.5) is 0 Å². The highest BCUT2D eigenvalue weighted by atomic mass is 16.6. The number of esters is 1. The van der Waals surface area contributed by atoms with Crippen LogP contribution in [-0.2, 0) is 14.3 Å². The molecule has 0 radical (unpaired) electrons. The maximum atomic E-state index is 11.8. The van der Waals surface area contributed by atoms with Crippen molar-refractivity contribution in [3.8, 4) is 17.6 Å². The van der Waals surface area contributed by atoms with Crippen molar-refractivity contribution >= 4 is 11.9 Å². The summed E-state index contributed by atoms with van der Waals surface area (Å²) in [6.45, 7) is -0.152. The lowest BCUT2D eigenvalue weighted by molar-refractivity contribution is -0.157. The minimum atomic E-state index is -0.896. The molecule has 0 unspecified atom stereocenters. The zero-order chi connectivity index (χ0) is 15.1. The molecule has 110 valence electrons. The van der Waals surface area contributed by atoms with Crippen molar-refractivity contribution in [1.82, 2.24) is 5.32 Å². The Bertz CT molecular complexity index is 567. The summed E-state index contributed by atoms with van der Waals surface area (Å²) in [6.07, 6.45) is -0.692. The molecule has 1 aromatic carbocycles. The number of hydrogen-bond acceptors (Lipinski definition) is 6. The highest BCUT2D eigenvalue weighted by molar-refractivity contribution is 5.82. The molecule has 1 heterocycles. The molecule has 0 aliphatic carbocycles. The number of benzene rings is 1. The van der Waals surface area contributed by atoms with Crippen molar-refractivity contribution < 1.29 is 23.8 Å². The average molecular weight is 290 g/mol. The van der Waals surface area contributed by atoms with Crippen LogP contribution in [0.3, 0.4) is 0 Å². The monoisotopic (exact) mass is 290 g/mol. The second kappa shape index (κ2) is 7.14. The Morgan fingerprint density at radius 1 is 1.38 bits per heavy atom. The van der Waals surface area contributed by atoms with Gasteiger partial charge in [0.2, 0.25) is 6.10 Å². The van der Waals surface area contributed by atoms with Gasteiger partial charge in [0.25, 0.3) is 5.91 Å². The van der Waals surface area contributed by atoms with Gasteiger partial charge in [0.15, 0.2) is 18.1 Å². The first-order valence-electron chi connectivity index (χ1n) is 6.39. The first-order chi connectivity index (χ1) is 10.2. The van der Waals surface area contributed by atoms with Crippen LogP contribution >= 0.6 is 0 Å². The first-order valence-corrected chi connectivity index (χ1v) is 6.39. The Labute approximate surface area is 121 Å². The summed E-state index contributed by atoms with van der Waals surface area (Å²) in [5.74, 6) is -0.101. The molecule has 1 atom stereocenters. The molecule has 1 aliphatic rings. The minimum Gasteiger partial charge on any atom is -0.485 e. The third-order valence-electron chi connectivity index (χ3n) is 2.68. The molecule has 0 saturated carbocycles. The second-order valence-corrected chi connectivity index (χ2v) is 4.23. The van der Waals surface area contributed by atoms with E-state index in [2.05, 4.69) is 5.32 Å². The van der Waals surface area contributed by atoms with Gasteiger partial charge in [-0.25, -0.2) is 4.79 Å². The van der Waals surface area contributed by atoms with Crippen LogP contribution in [0.1, 0.15) is 6.42 Å². The molecule has 1 N–H and O–H groups in total. The van der Waals surface area contributed by atoms with Gasteiger partial charge in [-0.05, 0) is 12.1 Å². The largest absolute Gasteiger partial charge is 0.485 e. The summed E-state index contributed by atoms with van der Waals surface area (Å²) in [7, 11) is 0. The number of amides is 1. The van der Waals surface area contributed by atoms with E-state index in [9.17, 15) is 9.59 Å². The first kappa shape index (κ1) is 14.7. The Morgan fingerprint density at radius 2 is 2.14 bits per heavy atom. The van der Waals surface area contributed by atoms with Crippen molar-refractivity contribution in [2.45, 2.75) is 12.5 Å².